The second-order valence-electron chi connectivity index (χ2n) is 7.62. The van der Waals surface area contributed by atoms with E-state index in [0.717, 1.165) is 0 Å². The van der Waals surface area contributed by atoms with Gasteiger partial charge in [0.2, 0.25) is 5.95 Å². The summed E-state index contributed by atoms with van der Waals surface area (Å²) in [6.45, 7) is 3.36. The summed E-state index contributed by atoms with van der Waals surface area (Å²) in [7, 11) is -1.65. The molecule has 0 saturated carbocycles. The monoisotopic (exact) mass is 455 g/mol. The van der Waals surface area contributed by atoms with Gasteiger partial charge < -0.3 is 15.3 Å². The topological polar surface area (TPSA) is 130 Å². The number of nitrogens with zero attached hydrogens (tertiary/aromatic N) is 3. The third-order valence-corrected chi connectivity index (χ3v) is 5.84. The normalized spacial score (nSPS) is 14.8. The fraction of sp³-hybridized carbons (Fsp3) is 0.429. The number of hydrogen-bond donors (Lipinski definition) is 5. The largest absolute Gasteiger partial charge is 0.394 e. The van der Waals surface area contributed by atoms with Crippen molar-refractivity contribution in [3.05, 3.63) is 47.4 Å². The number of aliphatic hydroxyl groups excluding tert-OH is 3. The van der Waals surface area contributed by atoms with Crippen LogP contribution in [-0.2, 0) is 0 Å². The summed E-state index contributed by atoms with van der Waals surface area (Å²) in [5.41, 5.74) is 2.17. The van der Waals surface area contributed by atoms with Crippen LogP contribution < -0.4 is 4.31 Å². The first-order valence-electron chi connectivity index (χ1n) is 9.74. The zero-order valence-corrected chi connectivity index (χ0v) is 18.8. The lowest BCUT2D eigenvalue weighted by atomic mass is 9.97. The summed E-state index contributed by atoms with van der Waals surface area (Å²) < 4.78 is 34.8. The fourth-order valence-electron chi connectivity index (χ4n) is 2.84. The van der Waals surface area contributed by atoms with Gasteiger partial charge in [0.05, 0.1) is 30.2 Å². The first-order chi connectivity index (χ1) is 14.4. The molecule has 1 heterocycles. The Morgan fingerprint density at radius 1 is 1.13 bits per heavy atom. The molecular formula is C21H30FN3O5S. The van der Waals surface area contributed by atoms with Crippen LogP contribution in [0, 0.1) is 5.82 Å². The summed E-state index contributed by atoms with van der Waals surface area (Å²) in [4.78, 5) is 9.02. The van der Waals surface area contributed by atoms with Gasteiger partial charge in [-0.25, -0.2) is 18.7 Å². The molecule has 172 valence electrons. The minimum Gasteiger partial charge on any atom is -0.394 e. The van der Waals surface area contributed by atoms with Gasteiger partial charge in [-0.1, -0.05) is 26.0 Å². The molecule has 0 fully saturated rings. The van der Waals surface area contributed by atoms with Crippen LogP contribution in [0.3, 0.4) is 0 Å². The summed E-state index contributed by atoms with van der Waals surface area (Å²) in [6.07, 6.45) is 2.23. The molecule has 2 aromatic rings. The van der Waals surface area contributed by atoms with Gasteiger partial charge in [-0.3, -0.25) is 9.11 Å². The fourth-order valence-corrected chi connectivity index (χ4v) is 3.23. The van der Waals surface area contributed by atoms with Crippen LogP contribution >= 0.6 is 10.8 Å². The van der Waals surface area contributed by atoms with Gasteiger partial charge >= 0.3 is 0 Å². The van der Waals surface area contributed by atoms with Crippen LogP contribution in [0.2, 0.25) is 0 Å². The Balaban J connectivity index is 2.66. The van der Waals surface area contributed by atoms with E-state index in [-0.39, 0.29) is 18.3 Å². The molecule has 1 aromatic carbocycles. The Bertz CT molecular complexity index is 903. The van der Waals surface area contributed by atoms with Crippen LogP contribution in [-0.4, -0.2) is 66.5 Å². The minimum atomic E-state index is -3.12. The molecule has 1 aromatic heterocycles. The lowest BCUT2D eigenvalue weighted by Gasteiger charge is -2.37. The van der Waals surface area contributed by atoms with Gasteiger partial charge in [0, 0.05) is 30.9 Å². The van der Waals surface area contributed by atoms with Crippen molar-refractivity contribution in [1.29, 1.82) is 0 Å². The van der Waals surface area contributed by atoms with E-state index >= 15 is 0 Å². The molecule has 0 amide bonds. The molecule has 2 rings (SSSR count). The molecule has 0 radical (unpaired) electrons. The lowest BCUT2D eigenvalue weighted by Crippen LogP contribution is -2.24. The van der Waals surface area contributed by atoms with Gasteiger partial charge in [-0.2, -0.15) is 0 Å². The first kappa shape index (κ1) is 25.2. The number of benzene rings is 1. The molecule has 10 heteroatoms. The molecule has 0 aliphatic carbocycles. The molecule has 2 atom stereocenters. The van der Waals surface area contributed by atoms with Crippen molar-refractivity contribution < 1.29 is 28.8 Å². The Hall–Kier alpha value is -2.08. The molecule has 0 aliphatic rings. The Morgan fingerprint density at radius 2 is 1.74 bits per heavy atom. The van der Waals surface area contributed by atoms with Gasteiger partial charge in [-0.15, -0.1) is 10.8 Å². The molecule has 8 nitrogen and oxygen atoms in total. The predicted molar refractivity (Wildman–Crippen MR) is 121 cm³/mol. The zero-order valence-electron chi connectivity index (χ0n) is 18.0. The standard InChI is InChI=1S/C21H30FN3O5S/c1-13(2)19-18(10-9-16(27)11-17(28)12-26)20(14-5-7-15(22)8-6-14)24-21(23-19)25(3)31(4,29)30/h5-10,13,16-17,26-30H,11-12H2,1-4H3/b10-9+/t16-,17-/m1/s1. The molecule has 5 N–H and O–H groups in total. The van der Waals surface area contributed by atoms with Crippen LogP contribution in [0.1, 0.15) is 37.4 Å². The molecule has 0 saturated heterocycles. The average molecular weight is 456 g/mol. The molecule has 31 heavy (non-hydrogen) atoms. The predicted octanol–water partition coefficient (Wildman–Crippen LogP) is 3.26. The van der Waals surface area contributed by atoms with E-state index in [4.69, 9.17) is 5.11 Å². The number of aromatic nitrogens is 2. The van der Waals surface area contributed by atoms with Gasteiger partial charge in [-0.05, 0) is 30.2 Å². The van der Waals surface area contributed by atoms with E-state index in [1.165, 1.54) is 35.8 Å². The third-order valence-electron chi connectivity index (χ3n) is 4.64. The summed E-state index contributed by atoms with van der Waals surface area (Å²) in [5, 5.41) is 28.7. The summed E-state index contributed by atoms with van der Waals surface area (Å²) >= 11 is 0. The number of halogens is 1. The van der Waals surface area contributed by atoms with Crippen LogP contribution in [0.4, 0.5) is 10.3 Å². The number of anilines is 1. The second-order valence-corrected chi connectivity index (χ2v) is 9.75. The molecule has 0 spiro atoms. The van der Waals surface area contributed by atoms with Gasteiger partial charge in [0.15, 0.2) is 0 Å². The van der Waals surface area contributed by atoms with Crippen molar-refractivity contribution in [1.82, 2.24) is 9.97 Å². The Morgan fingerprint density at radius 3 is 2.26 bits per heavy atom. The highest BCUT2D eigenvalue weighted by molar-refractivity contribution is 8.24. The van der Waals surface area contributed by atoms with Crippen molar-refractivity contribution in [2.24, 2.45) is 0 Å². The van der Waals surface area contributed by atoms with E-state index in [1.54, 1.807) is 18.2 Å². The van der Waals surface area contributed by atoms with Crippen molar-refractivity contribution in [3.63, 3.8) is 0 Å². The molecule has 0 bridgehead atoms. The average Bonchev–Trinajstić information content (AvgIpc) is 2.70. The maximum atomic E-state index is 13.5. The Kier molecular flexibility index (Phi) is 8.52. The van der Waals surface area contributed by atoms with E-state index in [0.29, 0.717) is 22.5 Å². The van der Waals surface area contributed by atoms with Gasteiger partial charge in [0.25, 0.3) is 0 Å². The van der Waals surface area contributed by atoms with Crippen LogP contribution in [0.25, 0.3) is 17.3 Å². The summed E-state index contributed by atoms with van der Waals surface area (Å²) in [5.74, 6) is -0.404. The van der Waals surface area contributed by atoms with E-state index in [2.05, 4.69) is 9.97 Å². The SMILES string of the molecule is CC(C)c1nc(N(C)S(C)(O)O)nc(-c2ccc(F)cc2)c1/C=C/[C@@H](O)C[C@@H](O)CO. The maximum absolute atomic E-state index is 13.5. The quantitative estimate of drug-likeness (QED) is 0.390. The highest BCUT2D eigenvalue weighted by atomic mass is 32.3. The zero-order chi connectivity index (χ0) is 23.3. The lowest BCUT2D eigenvalue weighted by molar-refractivity contribution is 0.0559. The highest BCUT2D eigenvalue weighted by Crippen LogP contribution is 2.41. The van der Waals surface area contributed by atoms with Crippen molar-refractivity contribution in [2.45, 2.75) is 38.4 Å². The van der Waals surface area contributed by atoms with Crippen LogP contribution in [0.15, 0.2) is 30.3 Å². The van der Waals surface area contributed by atoms with E-state index in [9.17, 15) is 23.7 Å². The van der Waals surface area contributed by atoms with Crippen molar-refractivity contribution in [2.75, 3.05) is 24.2 Å². The highest BCUT2D eigenvalue weighted by Gasteiger charge is 2.22. The van der Waals surface area contributed by atoms with Crippen molar-refractivity contribution >= 4 is 22.8 Å². The molecule has 0 unspecified atom stereocenters. The number of aliphatic hydroxyl groups is 3. The van der Waals surface area contributed by atoms with Gasteiger partial charge in [0.1, 0.15) is 5.82 Å². The first-order valence-corrected chi connectivity index (χ1v) is 11.6. The number of rotatable bonds is 9. The molecule has 0 aliphatic heterocycles. The summed E-state index contributed by atoms with van der Waals surface area (Å²) in [6, 6.07) is 5.70. The van der Waals surface area contributed by atoms with Crippen molar-refractivity contribution in [3.8, 4) is 11.3 Å². The van der Waals surface area contributed by atoms with E-state index in [1.807, 2.05) is 13.8 Å². The number of hydrogen-bond acceptors (Lipinski definition) is 8. The third kappa shape index (κ3) is 6.70. The minimum absolute atomic E-state index is 0.0473. The van der Waals surface area contributed by atoms with E-state index < -0.39 is 35.4 Å². The smallest absolute Gasteiger partial charge is 0.244 e. The molecular weight excluding hydrogens is 425 g/mol. The maximum Gasteiger partial charge on any atom is 0.244 e. The van der Waals surface area contributed by atoms with Crippen LogP contribution in [0.5, 0.6) is 0 Å². The second kappa shape index (κ2) is 10.5. The Labute approximate surface area is 183 Å².